The van der Waals surface area contributed by atoms with E-state index in [9.17, 15) is 19.2 Å². The fourth-order valence-corrected chi connectivity index (χ4v) is 5.70. The standard InChI is InChI=1S/C40H64N2O10Si/c1-37(2,3)49-34(44)26-47-30-18-17-29(24-31(30)48-27-35(45)50-38(4,5)6)32(52-53(14,15)40(10,11)12)25-41(13)33(43)19-16-28-20-22-42(23-21-28)36(46)51-39(7,8)9/h16-19,24-25,28H,20-23,26-27H2,1-15H3/i13-1. The van der Waals surface area contributed by atoms with Gasteiger partial charge in [0.15, 0.2) is 24.7 Å². The predicted octanol–water partition coefficient (Wildman–Crippen LogP) is 8.11. The smallest absolute Gasteiger partial charge is 0.410 e. The van der Waals surface area contributed by atoms with Crippen LogP contribution in [0.4, 0.5) is 4.79 Å². The lowest BCUT2D eigenvalue weighted by Gasteiger charge is -2.37. The molecule has 1 aromatic rings. The van der Waals surface area contributed by atoms with Crippen molar-refractivity contribution in [1.29, 1.82) is 0 Å². The first kappa shape index (κ1) is 45.2. The third-order valence-electron chi connectivity index (χ3n) is 8.29. The number of hydrogen-bond acceptors (Lipinski definition) is 10. The van der Waals surface area contributed by atoms with E-state index in [0.29, 0.717) is 24.4 Å². The lowest BCUT2D eigenvalue weighted by atomic mass is 9.96. The van der Waals surface area contributed by atoms with E-state index >= 15 is 0 Å². The summed E-state index contributed by atoms with van der Waals surface area (Å²) in [6, 6.07) is 5.02. The van der Waals surface area contributed by atoms with E-state index in [4.69, 9.17) is 28.1 Å². The van der Waals surface area contributed by atoms with E-state index in [2.05, 4.69) is 33.9 Å². The molecular formula is C40H64N2O10Si. The Balaban J connectivity index is 2.40. The average Bonchev–Trinajstić information content (AvgIpc) is 2.98. The molecule has 0 aromatic heterocycles. The van der Waals surface area contributed by atoms with Crippen LogP contribution in [0.15, 0.2) is 36.6 Å². The van der Waals surface area contributed by atoms with Gasteiger partial charge in [0.1, 0.15) is 22.6 Å². The van der Waals surface area contributed by atoms with Crippen LogP contribution in [0.2, 0.25) is 18.1 Å². The van der Waals surface area contributed by atoms with Crippen molar-refractivity contribution in [3.8, 4) is 11.5 Å². The quantitative estimate of drug-likeness (QED) is 0.0678. The van der Waals surface area contributed by atoms with E-state index in [0.717, 1.165) is 12.8 Å². The van der Waals surface area contributed by atoms with Crippen LogP contribution in [0.1, 0.15) is 101 Å². The third kappa shape index (κ3) is 16.3. The van der Waals surface area contributed by atoms with E-state index in [1.54, 1.807) is 84.0 Å². The number of ether oxygens (including phenoxy) is 5. The monoisotopic (exact) mass is 759 g/mol. The summed E-state index contributed by atoms with van der Waals surface area (Å²) in [5, 5.41) is -0.171. The number of piperidine rings is 1. The zero-order chi connectivity index (χ0) is 40.6. The van der Waals surface area contributed by atoms with Crippen LogP contribution < -0.4 is 9.47 Å². The molecule has 1 heterocycles. The maximum absolute atomic E-state index is 13.4. The Morgan fingerprint density at radius 2 is 1.26 bits per heavy atom. The van der Waals surface area contributed by atoms with Crippen molar-refractivity contribution in [3.63, 3.8) is 0 Å². The van der Waals surface area contributed by atoms with E-state index < -0.39 is 43.7 Å². The molecule has 0 atom stereocenters. The highest BCUT2D eigenvalue weighted by Gasteiger charge is 2.40. The number of nitrogens with zero attached hydrogens (tertiary/aromatic N) is 2. The van der Waals surface area contributed by atoms with Gasteiger partial charge in [0, 0.05) is 31.9 Å². The van der Waals surface area contributed by atoms with Crippen molar-refractivity contribution in [3.05, 3.63) is 42.1 Å². The minimum absolute atomic E-state index is 0.135. The van der Waals surface area contributed by atoms with Gasteiger partial charge in [-0.2, -0.15) is 0 Å². The number of benzene rings is 1. The van der Waals surface area contributed by atoms with Crippen molar-refractivity contribution in [2.75, 3.05) is 33.4 Å². The van der Waals surface area contributed by atoms with Gasteiger partial charge in [-0.3, -0.25) is 4.79 Å². The number of rotatable bonds is 12. The predicted molar refractivity (Wildman–Crippen MR) is 208 cm³/mol. The Bertz CT molecular complexity index is 1500. The van der Waals surface area contributed by atoms with Crippen molar-refractivity contribution < 1.29 is 47.3 Å². The van der Waals surface area contributed by atoms with Gasteiger partial charge in [0.2, 0.25) is 5.91 Å². The fourth-order valence-electron chi connectivity index (χ4n) is 4.67. The topological polar surface area (TPSA) is 130 Å². The van der Waals surface area contributed by atoms with Crippen LogP contribution >= 0.6 is 0 Å². The van der Waals surface area contributed by atoms with Crippen molar-refractivity contribution in [2.24, 2.45) is 5.92 Å². The molecule has 0 unspecified atom stereocenters. The lowest BCUT2D eigenvalue weighted by Crippen LogP contribution is -2.41. The Kier molecular flexibility index (Phi) is 15.2. The maximum atomic E-state index is 13.4. The molecule has 0 bridgehead atoms. The minimum atomic E-state index is -2.45. The molecule has 1 aliphatic heterocycles. The highest BCUT2D eigenvalue weighted by Crippen LogP contribution is 2.41. The van der Waals surface area contributed by atoms with Gasteiger partial charge in [-0.25, -0.2) is 14.4 Å². The second-order valence-electron chi connectivity index (χ2n) is 17.9. The van der Waals surface area contributed by atoms with Crippen LogP contribution in [-0.2, 0) is 33.0 Å². The molecule has 1 fully saturated rings. The summed E-state index contributed by atoms with van der Waals surface area (Å²) in [7, 11) is -0.792. The molecule has 0 aliphatic carbocycles. The Morgan fingerprint density at radius 1 is 0.774 bits per heavy atom. The molecule has 12 nitrogen and oxygen atoms in total. The largest absolute Gasteiger partial charge is 0.542 e. The summed E-state index contributed by atoms with van der Waals surface area (Å²) in [6.45, 7) is 27.0. The van der Waals surface area contributed by atoms with Crippen LogP contribution in [0.3, 0.4) is 0 Å². The molecule has 0 radical (unpaired) electrons. The zero-order valence-corrected chi connectivity index (χ0v) is 35.8. The Hall–Kier alpha value is -4.00. The molecule has 2 rings (SSSR count). The summed E-state index contributed by atoms with van der Waals surface area (Å²) in [4.78, 5) is 54.1. The molecule has 1 aromatic carbocycles. The average molecular weight is 760 g/mol. The van der Waals surface area contributed by atoms with Crippen LogP contribution in [0.5, 0.6) is 11.5 Å². The first-order valence-corrected chi connectivity index (χ1v) is 21.1. The summed E-state index contributed by atoms with van der Waals surface area (Å²) in [6.07, 6.45) is 6.21. The highest BCUT2D eigenvalue weighted by molar-refractivity contribution is 6.74. The van der Waals surface area contributed by atoms with E-state index in [1.165, 1.54) is 4.90 Å². The number of likely N-dealkylation sites (tertiary alicyclic amines) is 1. The summed E-state index contributed by atoms with van der Waals surface area (Å²) < 4.78 is 34.8. The molecule has 2 amide bonds. The first-order valence-electron chi connectivity index (χ1n) is 18.2. The molecular weight excluding hydrogens is 696 g/mol. The molecule has 1 saturated heterocycles. The van der Waals surface area contributed by atoms with Crippen LogP contribution in [0.25, 0.3) is 5.76 Å². The van der Waals surface area contributed by atoms with Crippen LogP contribution in [0, 0.1) is 5.92 Å². The normalized spacial score (nSPS) is 15.2. The van der Waals surface area contributed by atoms with Gasteiger partial charge < -0.3 is 37.9 Å². The molecule has 1 aliphatic rings. The first-order chi connectivity index (χ1) is 24.0. The van der Waals surface area contributed by atoms with Gasteiger partial charge in [-0.15, -0.1) is 0 Å². The van der Waals surface area contributed by atoms with Crippen molar-refractivity contribution in [1.82, 2.24) is 9.80 Å². The van der Waals surface area contributed by atoms with E-state index in [-0.39, 0.29) is 41.1 Å². The molecule has 53 heavy (non-hydrogen) atoms. The van der Waals surface area contributed by atoms with Crippen molar-refractivity contribution in [2.45, 2.75) is 131 Å². The Labute approximate surface area is 318 Å². The number of hydrogen-bond donors (Lipinski definition) is 0. The molecule has 0 spiro atoms. The van der Waals surface area contributed by atoms with Crippen molar-refractivity contribution >= 4 is 38.0 Å². The summed E-state index contributed by atoms with van der Waals surface area (Å²) in [5.74, 6) is -0.462. The number of carbonyl (C=O) groups excluding carboxylic acids is 4. The van der Waals surface area contributed by atoms with Gasteiger partial charge >= 0.3 is 18.0 Å². The number of carbonyl (C=O) groups is 4. The molecule has 0 saturated carbocycles. The highest BCUT2D eigenvalue weighted by atomic mass is 28.4. The number of esters is 2. The lowest BCUT2D eigenvalue weighted by molar-refractivity contribution is -0.158. The second kappa shape index (κ2) is 17.9. The SMILES string of the molecule is CC(C)(C)OC(=O)COc1ccc(C(=CN([11CH3])C(=O)C=CC2CCN(C(=O)OC(C)(C)C)CC2)O[Si](C)(C)C(C)(C)C)cc1OCC(=O)OC(C)(C)C. The molecule has 0 N–H and O–H groups in total. The molecule has 298 valence electrons. The zero-order valence-electron chi connectivity index (χ0n) is 34.8. The molecule has 13 heteroatoms. The number of amides is 2. The maximum Gasteiger partial charge on any atom is 0.410 e. The van der Waals surface area contributed by atoms with Gasteiger partial charge in [0.25, 0.3) is 8.32 Å². The minimum Gasteiger partial charge on any atom is -0.542 e. The third-order valence-corrected chi connectivity index (χ3v) is 12.6. The van der Waals surface area contributed by atoms with Gasteiger partial charge in [0.05, 0.1) is 0 Å². The van der Waals surface area contributed by atoms with E-state index in [1.807, 2.05) is 26.8 Å². The van der Waals surface area contributed by atoms with Gasteiger partial charge in [-0.05, 0) is 123 Å². The fraction of sp³-hybridized carbons (Fsp3) is 0.650. The summed E-state index contributed by atoms with van der Waals surface area (Å²) in [5.41, 5.74) is -1.40. The van der Waals surface area contributed by atoms with Crippen LogP contribution in [-0.4, -0.2) is 92.2 Å². The summed E-state index contributed by atoms with van der Waals surface area (Å²) >= 11 is 0. The van der Waals surface area contributed by atoms with Gasteiger partial charge in [-0.1, -0.05) is 26.8 Å². The second-order valence-corrected chi connectivity index (χ2v) is 22.6. The Morgan fingerprint density at radius 3 is 1.74 bits per heavy atom. The number of likely N-dealkylation sites (N-methyl/N-ethyl adjacent to an activating group) is 1. The number of allylic oxidation sites excluding steroid dienone is 1.